The van der Waals surface area contributed by atoms with Crippen molar-refractivity contribution in [3.63, 3.8) is 0 Å². The van der Waals surface area contributed by atoms with E-state index in [1.165, 1.54) is 19.2 Å². The lowest BCUT2D eigenvalue weighted by Gasteiger charge is -2.21. The molecule has 25 heavy (non-hydrogen) atoms. The Kier molecular flexibility index (Phi) is 7.51. The number of amides is 1. The second-order valence-electron chi connectivity index (χ2n) is 5.33. The molecule has 2 atom stereocenters. The molecule has 1 aromatic carbocycles. The third-order valence-electron chi connectivity index (χ3n) is 3.63. The van der Waals surface area contributed by atoms with Crippen LogP contribution >= 0.6 is 0 Å². The normalized spacial score (nSPS) is 12.6. The molecule has 1 aromatic rings. The molecule has 0 radical (unpaired) electrons. The molecule has 9 heteroatoms. The third-order valence-corrected chi connectivity index (χ3v) is 3.63. The van der Waals surface area contributed by atoms with E-state index in [4.69, 9.17) is 4.74 Å². The minimum atomic E-state index is -0.833. The van der Waals surface area contributed by atoms with Crippen molar-refractivity contribution in [1.82, 2.24) is 5.32 Å². The standard InChI is InChI=1S/C16H20N2O7/c1-4-10(2)14(16(21)24-3)17-13(19)9-25-15(20)11-5-7-12(8-6-11)18(22)23/h5-8,10,14H,4,9H2,1-3H3,(H,17,19)/t10-,14+/m1/s1. The van der Waals surface area contributed by atoms with Crippen LogP contribution in [0.25, 0.3) is 0 Å². The zero-order valence-electron chi connectivity index (χ0n) is 14.2. The molecule has 0 saturated carbocycles. The van der Waals surface area contributed by atoms with Crippen LogP contribution in [0.5, 0.6) is 0 Å². The van der Waals surface area contributed by atoms with Gasteiger partial charge in [0.1, 0.15) is 6.04 Å². The summed E-state index contributed by atoms with van der Waals surface area (Å²) >= 11 is 0. The van der Waals surface area contributed by atoms with Gasteiger partial charge in [0.15, 0.2) is 6.61 Å². The lowest BCUT2D eigenvalue weighted by molar-refractivity contribution is -0.384. The summed E-state index contributed by atoms with van der Waals surface area (Å²) in [5, 5.41) is 13.0. The van der Waals surface area contributed by atoms with Crippen LogP contribution in [-0.2, 0) is 19.1 Å². The molecule has 0 heterocycles. The minimum absolute atomic E-state index is 0.0739. The third kappa shape index (κ3) is 5.87. The summed E-state index contributed by atoms with van der Waals surface area (Å²) in [4.78, 5) is 45.4. The highest BCUT2D eigenvalue weighted by Gasteiger charge is 2.27. The van der Waals surface area contributed by atoms with Gasteiger partial charge in [-0.25, -0.2) is 9.59 Å². The number of esters is 2. The van der Waals surface area contributed by atoms with Crippen molar-refractivity contribution in [2.45, 2.75) is 26.3 Å². The summed E-state index contributed by atoms with van der Waals surface area (Å²) in [7, 11) is 1.22. The summed E-state index contributed by atoms with van der Waals surface area (Å²) in [6.45, 7) is 3.06. The van der Waals surface area contributed by atoms with Crippen molar-refractivity contribution in [3.05, 3.63) is 39.9 Å². The second-order valence-corrected chi connectivity index (χ2v) is 5.33. The first kappa shape index (κ1) is 20.1. The Bertz CT molecular complexity index is 642. The Balaban J connectivity index is 2.60. The molecule has 0 unspecified atom stereocenters. The van der Waals surface area contributed by atoms with Crippen molar-refractivity contribution in [1.29, 1.82) is 0 Å². The molecule has 0 saturated heterocycles. The van der Waals surface area contributed by atoms with Gasteiger partial charge in [0, 0.05) is 12.1 Å². The van der Waals surface area contributed by atoms with Crippen molar-refractivity contribution in [3.8, 4) is 0 Å². The monoisotopic (exact) mass is 352 g/mol. The van der Waals surface area contributed by atoms with Crippen molar-refractivity contribution in [2.24, 2.45) is 5.92 Å². The van der Waals surface area contributed by atoms with E-state index < -0.39 is 35.4 Å². The molecule has 0 spiro atoms. The Morgan fingerprint density at radius 2 is 1.84 bits per heavy atom. The first-order valence-corrected chi connectivity index (χ1v) is 7.58. The van der Waals surface area contributed by atoms with Crippen LogP contribution in [0.4, 0.5) is 5.69 Å². The first-order valence-electron chi connectivity index (χ1n) is 7.58. The Labute approximate surface area is 144 Å². The van der Waals surface area contributed by atoms with Crippen LogP contribution in [-0.4, -0.2) is 42.5 Å². The van der Waals surface area contributed by atoms with Gasteiger partial charge in [-0.15, -0.1) is 0 Å². The SMILES string of the molecule is CC[C@@H](C)[C@H](NC(=O)COC(=O)c1ccc([N+](=O)[O-])cc1)C(=O)OC. The number of non-ortho nitro benzene ring substituents is 1. The van der Waals surface area contributed by atoms with Gasteiger partial charge in [0.25, 0.3) is 11.6 Å². The fraction of sp³-hybridized carbons (Fsp3) is 0.438. The van der Waals surface area contributed by atoms with Crippen LogP contribution in [0.1, 0.15) is 30.6 Å². The number of ether oxygens (including phenoxy) is 2. The zero-order chi connectivity index (χ0) is 19.0. The number of nitrogens with one attached hydrogen (secondary N) is 1. The molecular weight excluding hydrogens is 332 g/mol. The predicted molar refractivity (Wildman–Crippen MR) is 86.8 cm³/mol. The van der Waals surface area contributed by atoms with Gasteiger partial charge in [0.05, 0.1) is 17.6 Å². The second kappa shape index (κ2) is 9.36. The lowest BCUT2D eigenvalue weighted by Crippen LogP contribution is -2.47. The molecule has 1 rings (SSSR count). The van der Waals surface area contributed by atoms with E-state index in [1.807, 2.05) is 6.92 Å². The zero-order valence-corrected chi connectivity index (χ0v) is 14.2. The number of rotatable bonds is 8. The Hall–Kier alpha value is -2.97. The number of nitrogens with zero attached hydrogens (tertiary/aromatic N) is 1. The maximum Gasteiger partial charge on any atom is 0.338 e. The molecule has 1 amide bonds. The maximum absolute atomic E-state index is 11.9. The van der Waals surface area contributed by atoms with Gasteiger partial charge in [-0.1, -0.05) is 20.3 Å². The molecule has 1 N–H and O–H groups in total. The molecule has 0 aliphatic heterocycles. The number of benzene rings is 1. The van der Waals surface area contributed by atoms with Gasteiger partial charge in [-0.3, -0.25) is 14.9 Å². The van der Waals surface area contributed by atoms with Gasteiger partial charge in [-0.2, -0.15) is 0 Å². The molecule has 9 nitrogen and oxygen atoms in total. The molecule has 136 valence electrons. The Morgan fingerprint density at radius 3 is 2.32 bits per heavy atom. The minimum Gasteiger partial charge on any atom is -0.467 e. The van der Waals surface area contributed by atoms with Crippen LogP contribution in [0.15, 0.2) is 24.3 Å². The van der Waals surface area contributed by atoms with Crippen LogP contribution < -0.4 is 5.32 Å². The highest BCUT2D eigenvalue weighted by atomic mass is 16.6. The van der Waals surface area contributed by atoms with Crippen LogP contribution in [0.3, 0.4) is 0 Å². The van der Waals surface area contributed by atoms with E-state index in [1.54, 1.807) is 6.92 Å². The Morgan fingerprint density at radius 1 is 1.24 bits per heavy atom. The number of carbonyl (C=O) groups excluding carboxylic acids is 3. The number of methoxy groups -OCH3 is 1. The number of hydrogen-bond acceptors (Lipinski definition) is 7. The fourth-order valence-corrected chi connectivity index (χ4v) is 1.94. The average molecular weight is 352 g/mol. The summed E-state index contributed by atoms with van der Waals surface area (Å²) in [6, 6.07) is 3.95. The van der Waals surface area contributed by atoms with Gasteiger partial charge in [-0.05, 0) is 18.1 Å². The number of nitro benzene ring substituents is 1. The van der Waals surface area contributed by atoms with E-state index >= 15 is 0 Å². The molecule has 0 bridgehead atoms. The van der Waals surface area contributed by atoms with Crippen LogP contribution in [0, 0.1) is 16.0 Å². The summed E-state index contributed by atoms with van der Waals surface area (Å²) in [5.41, 5.74) is -0.0892. The van der Waals surface area contributed by atoms with E-state index in [0.717, 1.165) is 12.1 Å². The van der Waals surface area contributed by atoms with E-state index in [9.17, 15) is 24.5 Å². The summed E-state index contributed by atoms with van der Waals surface area (Å²) in [6.07, 6.45) is 0.641. The summed E-state index contributed by atoms with van der Waals surface area (Å²) < 4.78 is 9.49. The van der Waals surface area contributed by atoms with Crippen molar-refractivity contribution >= 4 is 23.5 Å². The molecule has 0 aromatic heterocycles. The first-order chi connectivity index (χ1) is 11.8. The average Bonchev–Trinajstić information content (AvgIpc) is 2.62. The maximum atomic E-state index is 11.9. The highest BCUT2D eigenvalue weighted by molar-refractivity contribution is 5.92. The fourth-order valence-electron chi connectivity index (χ4n) is 1.94. The van der Waals surface area contributed by atoms with Gasteiger partial charge in [0.2, 0.25) is 0 Å². The van der Waals surface area contributed by atoms with E-state index in [2.05, 4.69) is 10.1 Å². The quantitative estimate of drug-likeness (QED) is 0.426. The van der Waals surface area contributed by atoms with Crippen molar-refractivity contribution < 1.29 is 28.8 Å². The lowest BCUT2D eigenvalue weighted by atomic mass is 9.99. The predicted octanol–water partition coefficient (Wildman–Crippen LogP) is 1.46. The molecular formula is C16H20N2O7. The molecule has 0 aliphatic rings. The largest absolute Gasteiger partial charge is 0.467 e. The van der Waals surface area contributed by atoms with Crippen molar-refractivity contribution in [2.75, 3.05) is 13.7 Å². The molecule has 0 fully saturated rings. The van der Waals surface area contributed by atoms with Gasteiger partial charge < -0.3 is 14.8 Å². The topological polar surface area (TPSA) is 125 Å². The van der Waals surface area contributed by atoms with E-state index in [0.29, 0.717) is 6.42 Å². The highest BCUT2D eigenvalue weighted by Crippen LogP contribution is 2.13. The molecule has 0 aliphatic carbocycles. The summed E-state index contributed by atoms with van der Waals surface area (Å²) in [5.74, 6) is -2.18. The number of hydrogen-bond donors (Lipinski definition) is 1. The number of carbonyl (C=O) groups is 3. The number of nitro groups is 1. The smallest absolute Gasteiger partial charge is 0.338 e. The van der Waals surface area contributed by atoms with E-state index in [-0.39, 0.29) is 17.2 Å². The van der Waals surface area contributed by atoms with Crippen LogP contribution in [0.2, 0.25) is 0 Å². The van der Waals surface area contributed by atoms with Gasteiger partial charge >= 0.3 is 11.9 Å².